The lowest BCUT2D eigenvalue weighted by molar-refractivity contribution is -0.143. The zero-order valence-electron chi connectivity index (χ0n) is 7.86. The molecular formula is C9H16O3S. The number of hydrogen-bond donors (Lipinski definition) is 1. The van der Waals surface area contributed by atoms with Gasteiger partial charge in [-0.3, -0.25) is 4.79 Å². The van der Waals surface area contributed by atoms with Gasteiger partial charge in [-0.1, -0.05) is 0 Å². The van der Waals surface area contributed by atoms with Crippen LogP contribution < -0.4 is 0 Å². The standard InChI is InChI=1S/C9H16O3S/c1-13-6-8(9(10)11)7-2-4-12-5-3-7/h7-8H,2-6H2,1H3,(H,10,11). The SMILES string of the molecule is CSCC(C(=O)O)C1CCOCC1. The second kappa shape index (κ2) is 5.50. The van der Waals surface area contributed by atoms with Crippen LogP contribution >= 0.6 is 11.8 Å². The third-order valence-electron chi connectivity index (χ3n) is 2.50. The van der Waals surface area contributed by atoms with Crippen molar-refractivity contribution in [3.8, 4) is 0 Å². The molecule has 1 saturated heterocycles. The molecule has 0 aromatic heterocycles. The Balaban J connectivity index is 2.46. The Morgan fingerprint density at radius 1 is 1.62 bits per heavy atom. The van der Waals surface area contributed by atoms with Crippen LogP contribution in [-0.4, -0.2) is 36.3 Å². The third kappa shape index (κ3) is 3.19. The average molecular weight is 204 g/mol. The van der Waals surface area contributed by atoms with E-state index >= 15 is 0 Å². The van der Waals surface area contributed by atoms with Crippen molar-refractivity contribution < 1.29 is 14.6 Å². The molecule has 0 bridgehead atoms. The summed E-state index contributed by atoms with van der Waals surface area (Å²) < 4.78 is 5.21. The summed E-state index contributed by atoms with van der Waals surface area (Å²) in [6.45, 7) is 1.45. The van der Waals surface area contributed by atoms with Crippen molar-refractivity contribution in [3.63, 3.8) is 0 Å². The lowest BCUT2D eigenvalue weighted by Gasteiger charge is -2.26. The Morgan fingerprint density at radius 2 is 2.23 bits per heavy atom. The summed E-state index contributed by atoms with van der Waals surface area (Å²) in [6.07, 6.45) is 3.75. The molecule has 1 aliphatic heterocycles. The van der Waals surface area contributed by atoms with Gasteiger partial charge in [-0.15, -0.1) is 0 Å². The van der Waals surface area contributed by atoms with Gasteiger partial charge in [0.25, 0.3) is 0 Å². The predicted octanol–water partition coefficient (Wildman–Crippen LogP) is 1.48. The number of hydrogen-bond acceptors (Lipinski definition) is 3. The molecule has 0 aliphatic carbocycles. The molecule has 4 heteroatoms. The summed E-state index contributed by atoms with van der Waals surface area (Å²) in [5.41, 5.74) is 0. The van der Waals surface area contributed by atoms with E-state index in [1.165, 1.54) is 0 Å². The van der Waals surface area contributed by atoms with Crippen LogP contribution in [0.1, 0.15) is 12.8 Å². The van der Waals surface area contributed by atoms with Gasteiger partial charge in [-0.2, -0.15) is 11.8 Å². The van der Waals surface area contributed by atoms with Gasteiger partial charge < -0.3 is 9.84 Å². The van der Waals surface area contributed by atoms with Crippen LogP contribution in [0, 0.1) is 11.8 Å². The van der Waals surface area contributed by atoms with Gasteiger partial charge in [0, 0.05) is 19.0 Å². The van der Waals surface area contributed by atoms with Gasteiger partial charge in [-0.25, -0.2) is 0 Å². The lowest BCUT2D eigenvalue weighted by atomic mass is 9.87. The molecule has 1 atom stereocenters. The third-order valence-corrected chi connectivity index (χ3v) is 3.19. The summed E-state index contributed by atoms with van der Waals surface area (Å²) in [5.74, 6) is 0.207. The summed E-state index contributed by atoms with van der Waals surface area (Å²) in [6, 6.07) is 0. The molecule has 0 radical (unpaired) electrons. The van der Waals surface area contributed by atoms with E-state index in [0.29, 0.717) is 5.92 Å². The highest BCUT2D eigenvalue weighted by molar-refractivity contribution is 7.98. The first-order valence-corrected chi connectivity index (χ1v) is 5.94. The van der Waals surface area contributed by atoms with Crippen LogP contribution in [-0.2, 0) is 9.53 Å². The Kier molecular flexibility index (Phi) is 4.59. The van der Waals surface area contributed by atoms with Crippen molar-refractivity contribution in [1.82, 2.24) is 0 Å². The monoisotopic (exact) mass is 204 g/mol. The second-order valence-corrected chi connectivity index (χ2v) is 4.26. The van der Waals surface area contributed by atoms with E-state index in [2.05, 4.69) is 0 Å². The number of carboxylic acids is 1. The van der Waals surface area contributed by atoms with Crippen molar-refractivity contribution in [2.24, 2.45) is 11.8 Å². The quantitative estimate of drug-likeness (QED) is 0.753. The molecule has 1 heterocycles. The van der Waals surface area contributed by atoms with E-state index in [9.17, 15) is 4.79 Å². The number of carbonyl (C=O) groups is 1. The van der Waals surface area contributed by atoms with E-state index in [1.807, 2.05) is 6.26 Å². The number of thioether (sulfide) groups is 1. The van der Waals surface area contributed by atoms with Crippen LogP contribution in [0.2, 0.25) is 0 Å². The predicted molar refractivity (Wildman–Crippen MR) is 53.1 cm³/mol. The second-order valence-electron chi connectivity index (χ2n) is 3.35. The summed E-state index contributed by atoms with van der Waals surface area (Å²) in [5, 5.41) is 9.00. The van der Waals surface area contributed by atoms with Crippen molar-refractivity contribution in [1.29, 1.82) is 0 Å². The molecule has 0 spiro atoms. The van der Waals surface area contributed by atoms with Gasteiger partial charge >= 0.3 is 5.97 Å². The van der Waals surface area contributed by atoms with Crippen molar-refractivity contribution in [3.05, 3.63) is 0 Å². The van der Waals surface area contributed by atoms with Gasteiger partial charge in [0.1, 0.15) is 0 Å². The number of aliphatic carboxylic acids is 1. The van der Waals surface area contributed by atoms with E-state index in [-0.39, 0.29) is 5.92 Å². The zero-order valence-corrected chi connectivity index (χ0v) is 8.68. The van der Waals surface area contributed by atoms with Crippen LogP contribution in [0.3, 0.4) is 0 Å². The summed E-state index contributed by atoms with van der Waals surface area (Å²) in [4.78, 5) is 10.9. The topological polar surface area (TPSA) is 46.5 Å². The molecule has 3 nitrogen and oxygen atoms in total. The molecule has 0 amide bonds. The Hall–Kier alpha value is -0.220. The number of carboxylic acid groups (broad SMARTS) is 1. The molecule has 13 heavy (non-hydrogen) atoms. The van der Waals surface area contributed by atoms with Crippen LogP contribution in [0.25, 0.3) is 0 Å². The Bertz CT molecular complexity index is 166. The minimum atomic E-state index is -0.652. The van der Waals surface area contributed by atoms with Crippen LogP contribution in [0.4, 0.5) is 0 Å². The van der Waals surface area contributed by atoms with Gasteiger partial charge in [-0.05, 0) is 25.0 Å². The minimum Gasteiger partial charge on any atom is -0.481 e. The number of ether oxygens (including phenoxy) is 1. The van der Waals surface area contributed by atoms with Crippen molar-refractivity contribution >= 4 is 17.7 Å². The fourth-order valence-electron chi connectivity index (χ4n) is 1.71. The average Bonchev–Trinajstić information content (AvgIpc) is 2.15. The highest BCUT2D eigenvalue weighted by Crippen LogP contribution is 2.26. The van der Waals surface area contributed by atoms with Crippen molar-refractivity contribution in [2.45, 2.75) is 12.8 Å². The number of rotatable bonds is 4. The van der Waals surface area contributed by atoms with E-state index < -0.39 is 5.97 Å². The molecule has 1 unspecified atom stereocenters. The molecule has 1 aliphatic rings. The van der Waals surface area contributed by atoms with Crippen molar-refractivity contribution in [2.75, 3.05) is 25.2 Å². The van der Waals surface area contributed by atoms with Crippen LogP contribution in [0.5, 0.6) is 0 Å². The summed E-state index contributed by atoms with van der Waals surface area (Å²) >= 11 is 1.61. The Labute approximate surface area is 82.8 Å². The molecule has 1 N–H and O–H groups in total. The maximum Gasteiger partial charge on any atom is 0.307 e. The first-order chi connectivity index (χ1) is 6.25. The molecule has 0 saturated carbocycles. The summed E-state index contributed by atoms with van der Waals surface area (Å²) in [7, 11) is 0. The highest BCUT2D eigenvalue weighted by atomic mass is 32.2. The maximum atomic E-state index is 10.9. The van der Waals surface area contributed by atoms with Gasteiger partial charge in [0.15, 0.2) is 0 Å². The first kappa shape index (κ1) is 10.9. The molecule has 0 aromatic rings. The van der Waals surface area contributed by atoms with E-state index in [0.717, 1.165) is 31.8 Å². The molecule has 1 fully saturated rings. The fraction of sp³-hybridized carbons (Fsp3) is 0.889. The maximum absolute atomic E-state index is 10.9. The fourth-order valence-corrected chi connectivity index (χ4v) is 2.48. The van der Waals surface area contributed by atoms with Gasteiger partial charge in [0.05, 0.1) is 5.92 Å². The molecule has 76 valence electrons. The molecular weight excluding hydrogens is 188 g/mol. The minimum absolute atomic E-state index is 0.182. The zero-order chi connectivity index (χ0) is 9.68. The van der Waals surface area contributed by atoms with Gasteiger partial charge in [0.2, 0.25) is 0 Å². The van der Waals surface area contributed by atoms with E-state index in [4.69, 9.17) is 9.84 Å². The molecule has 0 aromatic carbocycles. The Morgan fingerprint density at radius 3 is 2.69 bits per heavy atom. The van der Waals surface area contributed by atoms with Crippen LogP contribution in [0.15, 0.2) is 0 Å². The first-order valence-electron chi connectivity index (χ1n) is 4.55. The normalized spacial score (nSPS) is 21.3. The lowest BCUT2D eigenvalue weighted by Crippen LogP contribution is -2.30. The molecule has 1 rings (SSSR count). The largest absolute Gasteiger partial charge is 0.481 e. The van der Waals surface area contributed by atoms with E-state index in [1.54, 1.807) is 11.8 Å². The highest BCUT2D eigenvalue weighted by Gasteiger charge is 2.28. The smallest absolute Gasteiger partial charge is 0.307 e.